The van der Waals surface area contributed by atoms with Gasteiger partial charge in [0.05, 0.1) is 0 Å². The van der Waals surface area contributed by atoms with Gasteiger partial charge in [0.1, 0.15) is 0 Å². The van der Waals surface area contributed by atoms with Gasteiger partial charge in [0.2, 0.25) is 5.91 Å². The van der Waals surface area contributed by atoms with Gasteiger partial charge in [0, 0.05) is 56.3 Å². The van der Waals surface area contributed by atoms with Gasteiger partial charge < -0.3 is 14.7 Å². The molecule has 5 rings (SSSR count). The average molecular weight is 424 g/mol. The van der Waals surface area contributed by atoms with Gasteiger partial charge in [0.25, 0.3) is 5.91 Å². The normalized spacial score (nSPS) is 28.7. The summed E-state index contributed by atoms with van der Waals surface area (Å²) in [7, 11) is 0. The SMILES string of the molecule is Cc1ccccc1C(=O)N1CCC(N2CCC(N3C(=O)C[C@H]4CCCC[C@@H]43)CC2)CC1. The van der Waals surface area contributed by atoms with Crippen LogP contribution in [-0.2, 0) is 4.79 Å². The minimum Gasteiger partial charge on any atom is -0.339 e. The van der Waals surface area contributed by atoms with E-state index in [1.54, 1.807) is 0 Å². The Kier molecular flexibility index (Phi) is 6.05. The summed E-state index contributed by atoms with van der Waals surface area (Å²) in [5.41, 5.74) is 1.91. The van der Waals surface area contributed by atoms with Gasteiger partial charge in [-0.3, -0.25) is 9.59 Å². The fourth-order valence-corrected chi connectivity index (χ4v) is 6.73. The van der Waals surface area contributed by atoms with Crippen LogP contribution in [0.4, 0.5) is 0 Å². The maximum absolute atomic E-state index is 12.9. The van der Waals surface area contributed by atoms with Crippen LogP contribution in [0.1, 0.15) is 73.7 Å². The number of fused-ring (bicyclic) bond motifs is 1. The highest BCUT2D eigenvalue weighted by atomic mass is 16.2. The lowest BCUT2D eigenvalue weighted by molar-refractivity contribution is -0.132. The van der Waals surface area contributed by atoms with E-state index in [2.05, 4.69) is 9.80 Å². The second kappa shape index (κ2) is 8.93. The molecule has 1 aliphatic carbocycles. The molecule has 0 bridgehead atoms. The molecular formula is C26H37N3O2. The number of benzene rings is 1. The number of nitrogens with zero attached hydrogens (tertiary/aromatic N) is 3. The number of amides is 2. The van der Waals surface area contributed by atoms with Crippen LogP contribution >= 0.6 is 0 Å². The summed E-state index contributed by atoms with van der Waals surface area (Å²) in [5.74, 6) is 1.25. The first-order valence-corrected chi connectivity index (χ1v) is 12.5. The van der Waals surface area contributed by atoms with Gasteiger partial charge in [0.15, 0.2) is 0 Å². The molecule has 2 amide bonds. The molecule has 1 aromatic rings. The van der Waals surface area contributed by atoms with Crippen LogP contribution in [0.15, 0.2) is 24.3 Å². The van der Waals surface area contributed by atoms with Crippen LogP contribution in [0.5, 0.6) is 0 Å². The van der Waals surface area contributed by atoms with Crippen LogP contribution in [-0.4, -0.2) is 70.8 Å². The van der Waals surface area contributed by atoms with Gasteiger partial charge >= 0.3 is 0 Å². The summed E-state index contributed by atoms with van der Waals surface area (Å²) >= 11 is 0. The van der Waals surface area contributed by atoms with Crippen molar-refractivity contribution in [2.45, 2.75) is 82.8 Å². The number of aryl methyl sites for hydroxylation is 1. The van der Waals surface area contributed by atoms with Crippen molar-refractivity contribution >= 4 is 11.8 Å². The van der Waals surface area contributed by atoms with Gasteiger partial charge in [-0.1, -0.05) is 31.0 Å². The molecule has 0 aromatic heterocycles. The minimum absolute atomic E-state index is 0.185. The molecule has 2 atom stereocenters. The molecule has 1 aromatic carbocycles. The largest absolute Gasteiger partial charge is 0.339 e. The van der Waals surface area contributed by atoms with E-state index in [1.165, 1.54) is 25.7 Å². The Hall–Kier alpha value is -1.88. The van der Waals surface area contributed by atoms with E-state index in [0.29, 0.717) is 30.0 Å². The molecule has 3 aliphatic heterocycles. The average Bonchev–Trinajstić information content (AvgIpc) is 3.15. The third kappa shape index (κ3) is 4.13. The van der Waals surface area contributed by atoms with Gasteiger partial charge in [-0.2, -0.15) is 0 Å². The first-order chi connectivity index (χ1) is 15.1. The molecule has 3 heterocycles. The van der Waals surface area contributed by atoms with Gasteiger partial charge in [-0.15, -0.1) is 0 Å². The van der Waals surface area contributed by atoms with Crippen LogP contribution in [0.3, 0.4) is 0 Å². The summed E-state index contributed by atoms with van der Waals surface area (Å²) in [6.45, 7) is 5.92. The maximum Gasteiger partial charge on any atom is 0.254 e. The molecule has 0 N–H and O–H groups in total. The third-order valence-electron chi connectivity index (χ3n) is 8.49. The number of piperidine rings is 2. The van der Waals surface area contributed by atoms with Crippen LogP contribution < -0.4 is 0 Å². The first-order valence-electron chi connectivity index (χ1n) is 12.5. The topological polar surface area (TPSA) is 43.9 Å². The lowest BCUT2D eigenvalue weighted by Gasteiger charge is -2.45. The van der Waals surface area contributed by atoms with E-state index in [-0.39, 0.29) is 5.91 Å². The summed E-state index contributed by atoms with van der Waals surface area (Å²) in [4.78, 5) is 32.7. The van der Waals surface area contributed by atoms with E-state index in [0.717, 1.165) is 69.4 Å². The van der Waals surface area contributed by atoms with Crippen LogP contribution in [0, 0.1) is 12.8 Å². The Morgan fingerprint density at radius 1 is 0.871 bits per heavy atom. The number of likely N-dealkylation sites (tertiary alicyclic amines) is 3. The highest BCUT2D eigenvalue weighted by Crippen LogP contribution is 2.40. The highest BCUT2D eigenvalue weighted by molar-refractivity contribution is 5.95. The van der Waals surface area contributed by atoms with E-state index in [9.17, 15) is 9.59 Å². The van der Waals surface area contributed by atoms with Crippen molar-refractivity contribution in [2.75, 3.05) is 26.2 Å². The zero-order chi connectivity index (χ0) is 21.4. The lowest BCUT2D eigenvalue weighted by atomic mass is 9.84. The molecule has 0 spiro atoms. The van der Waals surface area contributed by atoms with Gasteiger partial charge in [-0.05, 0) is 63.0 Å². The standard InChI is InChI=1S/C26H37N3O2/c1-19-6-2-4-8-23(19)26(31)28-16-10-21(11-17-28)27-14-12-22(13-15-27)29-24-9-5-3-7-20(24)18-25(29)30/h2,4,6,8,20-22,24H,3,5,7,9-18H2,1H3/t20-,24+/m1/s1. The quantitative estimate of drug-likeness (QED) is 0.742. The van der Waals surface area contributed by atoms with E-state index < -0.39 is 0 Å². The molecule has 3 saturated heterocycles. The summed E-state index contributed by atoms with van der Waals surface area (Å²) in [6, 6.07) is 9.49. The predicted octanol–water partition coefficient (Wildman–Crippen LogP) is 3.86. The first kappa shape index (κ1) is 21.0. The minimum atomic E-state index is 0.185. The van der Waals surface area contributed by atoms with Crippen molar-refractivity contribution < 1.29 is 9.59 Å². The monoisotopic (exact) mass is 423 g/mol. The number of carbonyl (C=O) groups excluding carboxylic acids is 2. The van der Waals surface area contributed by atoms with Crippen molar-refractivity contribution in [3.05, 3.63) is 35.4 Å². The molecule has 0 unspecified atom stereocenters. The van der Waals surface area contributed by atoms with Crippen LogP contribution in [0.25, 0.3) is 0 Å². The second-order valence-corrected chi connectivity index (χ2v) is 10.2. The van der Waals surface area contributed by atoms with Crippen LogP contribution in [0.2, 0.25) is 0 Å². The Bertz CT molecular complexity index is 809. The molecule has 0 radical (unpaired) electrons. The smallest absolute Gasteiger partial charge is 0.254 e. The molecule has 4 fully saturated rings. The van der Waals surface area contributed by atoms with Crippen molar-refractivity contribution in [3.8, 4) is 0 Å². The van der Waals surface area contributed by atoms with Crippen molar-refractivity contribution in [2.24, 2.45) is 5.92 Å². The summed E-state index contributed by atoms with van der Waals surface area (Å²) in [6.07, 6.45) is 10.3. The van der Waals surface area contributed by atoms with E-state index in [1.807, 2.05) is 36.1 Å². The third-order valence-corrected chi connectivity index (χ3v) is 8.49. The van der Waals surface area contributed by atoms with Crippen molar-refractivity contribution in [3.63, 3.8) is 0 Å². The summed E-state index contributed by atoms with van der Waals surface area (Å²) in [5, 5.41) is 0. The maximum atomic E-state index is 12.9. The predicted molar refractivity (Wildman–Crippen MR) is 122 cm³/mol. The summed E-state index contributed by atoms with van der Waals surface area (Å²) < 4.78 is 0. The van der Waals surface area contributed by atoms with E-state index >= 15 is 0 Å². The van der Waals surface area contributed by atoms with E-state index in [4.69, 9.17) is 0 Å². The fourth-order valence-electron chi connectivity index (χ4n) is 6.73. The zero-order valence-corrected chi connectivity index (χ0v) is 19.0. The fraction of sp³-hybridized carbons (Fsp3) is 0.692. The molecular weight excluding hydrogens is 386 g/mol. The number of hydrogen-bond acceptors (Lipinski definition) is 3. The molecule has 4 aliphatic rings. The van der Waals surface area contributed by atoms with Gasteiger partial charge in [-0.25, -0.2) is 0 Å². The molecule has 5 heteroatoms. The Morgan fingerprint density at radius 3 is 2.29 bits per heavy atom. The highest BCUT2D eigenvalue weighted by Gasteiger charge is 2.44. The van der Waals surface area contributed by atoms with Crippen molar-refractivity contribution in [1.29, 1.82) is 0 Å². The Balaban J connectivity index is 1.13. The molecule has 1 saturated carbocycles. The lowest BCUT2D eigenvalue weighted by Crippen LogP contribution is -2.53. The Morgan fingerprint density at radius 2 is 1.55 bits per heavy atom. The Labute approximate surface area is 186 Å². The number of rotatable bonds is 3. The molecule has 31 heavy (non-hydrogen) atoms. The molecule has 5 nitrogen and oxygen atoms in total. The second-order valence-electron chi connectivity index (χ2n) is 10.2. The number of carbonyl (C=O) groups is 2. The molecule has 168 valence electrons. The zero-order valence-electron chi connectivity index (χ0n) is 19.0. The number of hydrogen-bond donors (Lipinski definition) is 0. The van der Waals surface area contributed by atoms with Crippen molar-refractivity contribution in [1.82, 2.24) is 14.7 Å².